The van der Waals surface area contributed by atoms with E-state index in [2.05, 4.69) is 15.9 Å². The van der Waals surface area contributed by atoms with Crippen molar-refractivity contribution in [3.05, 3.63) is 28.2 Å². The Morgan fingerprint density at radius 2 is 2.24 bits per heavy atom. The Morgan fingerprint density at radius 1 is 1.53 bits per heavy atom. The van der Waals surface area contributed by atoms with E-state index in [1.165, 1.54) is 0 Å². The number of carbonyl (C=O) groups excluding carboxylic acids is 2. The molecule has 2 rings (SSSR count). The van der Waals surface area contributed by atoms with Gasteiger partial charge in [0, 0.05) is 23.1 Å². The van der Waals surface area contributed by atoms with Crippen LogP contribution in [-0.4, -0.2) is 18.4 Å². The highest BCUT2D eigenvalue weighted by atomic mass is 79.9. The molecule has 0 unspecified atom stereocenters. The zero-order valence-electron chi connectivity index (χ0n) is 9.44. The van der Waals surface area contributed by atoms with Crippen molar-refractivity contribution >= 4 is 33.4 Å². The molecule has 0 radical (unpaired) electrons. The van der Waals surface area contributed by atoms with Crippen LogP contribution in [-0.2, 0) is 9.59 Å². The molecule has 1 aromatic carbocycles. The van der Waals surface area contributed by atoms with Gasteiger partial charge in [-0.3, -0.25) is 9.59 Å². The molecule has 5 heteroatoms. The van der Waals surface area contributed by atoms with E-state index in [1.807, 2.05) is 25.1 Å². The van der Waals surface area contributed by atoms with E-state index in [0.29, 0.717) is 6.54 Å². The topological polar surface area (TPSA) is 63.4 Å². The average molecular weight is 297 g/mol. The minimum atomic E-state index is -0.408. The number of aryl methyl sites for hydroxylation is 1. The first-order chi connectivity index (χ1) is 7.99. The van der Waals surface area contributed by atoms with E-state index in [1.54, 1.807) is 4.90 Å². The van der Waals surface area contributed by atoms with Crippen molar-refractivity contribution < 1.29 is 9.59 Å². The molecule has 1 aliphatic rings. The van der Waals surface area contributed by atoms with E-state index < -0.39 is 5.91 Å². The summed E-state index contributed by atoms with van der Waals surface area (Å²) in [6, 6.07) is 5.68. The van der Waals surface area contributed by atoms with Gasteiger partial charge < -0.3 is 10.6 Å². The van der Waals surface area contributed by atoms with Crippen LogP contribution in [0, 0.1) is 12.8 Å². The summed E-state index contributed by atoms with van der Waals surface area (Å²) >= 11 is 3.41. The van der Waals surface area contributed by atoms with Crippen LogP contribution in [0.4, 0.5) is 5.69 Å². The molecule has 0 saturated carbocycles. The van der Waals surface area contributed by atoms with E-state index in [0.717, 1.165) is 15.7 Å². The van der Waals surface area contributed by atoms with E-state index in [4.69, 9.17) is 5.73 Å². The van der Waals surface area contributed by atoms with E-state index in [9.17, 15) is 9.59 Å². The maximum Gasteiger partial charge on any atom is 0.227 e. The van der Waals surface area contributed by atoms with Gasteiger partial charge in [0.25, 0.3) is 0 Å². The average Bonchev–Trinajstić information content (AvgIpc) is 2.65. The van der Waals surface area contributed by atoms with Crippen molar-refractivity contribution in [1.29, 1.82) is 0 Å². The molecule has 1 heterocycles. The van der Waals surface area contributed by atoms with Gasteiger partial charge >= 0.3 is 0 Å². The van der Waals surface area contributed by atoms with Crippen LogP contribution in [0.2, 0.25) is 0 Å². The summed E-state index contributed by atoms with van der Waals surface area (Å²) in [6.07, 6.45) is 0.213. The third-order valence-corrected chi connectivity index (χ3v) is 3.87. The quantitative estimate of drug-likeness (QED) is 0.901. The van der Waals surface area contributed by atoms with Crippen LogP contribution < -0.4 is 10.6 Å². The fourth-order valence-corrected chi connectivity index (χ4v) is 2.19. The Labute approximate surface area is 108 Å². The highest BCUT2D eigenvalue weighted by molar-refractivity contribution is 9.10. The summed E-state index contributed by atoms with van der Waals surface area (Å²) in [5.74, 6) is -0.823. The maximum atomic E-state index is 11.8. The molecule has 1 aromatic rings. The number of carbonyl (C=O) groups is 2. The second kappa shape index (κ2) is 4.49. The van der Waals surface area contributed by atoms with Gasteiger partial charge in [-0.25, -0.2) is 0 Å². The number of primary amides is 1. The number of anilines is 1. The molecule has 90 valence electrons. The van der Waals surface area contributed by atoms with Crippen LogP contribution in [0.1, 0.15) is 12.0 Å². The molecule has 1 atom stereocenters. The van der Waals surface area contributed by atoms with Crippen LogP contribution in [0.3, 0.4) is 0 Å². The number of hydrogen-bond acceptors (Lipinski definition) is 2. The first kappa shape index (κ1) is 12.1. The van der Waals surface area contributed by atoms with Crippen molar-refractivity contribution in [2.24, 2.45) is 11.7 Å². The molecule has 4 nitrogen and oxygen atoms in total. The summed E-state index contributed by atoms with van der Waals surface area (Å²) in [5, 5.41) is 0. The third-order valence-electron chi connectivity index (χ3n) is 2.98. The lowest BCUT2D eigenvalue weighted by atomic mass is 10.1. The molecular formula is C12H13BrN2O2. The van der Waals surface area contributed by atoms with Crippen LogP contribution in [0.5, 0.6) is 0 Å². The van der Waals surface area contributed by atoms with Gasteiger partial charge in [-0.2, -0.15) is 0 Å². The minimum absolute atomic E-state index is 0.0458. The van der Waals surface area contributed by atoms with Gasteiger partial charge in [-0.05, 0) is 30.7 Å². The van der Waals surface area contributed by atoms with Gasteiger partial charge in [0.2, 0.25) is 11.8 Å². The lowest BCUT2D eigenvalue weighted by Gasteiger charge is -2.17. The summed E-state index contributed by atoms with van der Waals surface area (Å²) in [4.78, 5) is 24.5. The van der Waals surface area contributed by atoms with Gasteiger partial charge in [0.1, 0.15) is 0 Å². The molecule has 1 fully saturated rings. The molecule has 0 aromatic heterocycles. The second-order valence-electron chi connectivity index (χ2n) is 4.24. The van der Waals surface area contributed by atoms with Gasteiger partial charge in [-0.1, -0.05) is 15.9 Å². The standard InChI is InChI=1S/C12H13BrN2O2/c1-7-4-9(2-3-10(7)13)15-6-8(12(14)17)5-11(15)16/h2-4,8H,5-6H2,1H3,(H2,14,17)/t8-/m1/s1. The molecule has 17 heavy (non-hydrogen) atoms. The Kier molecular flexibility index (Phi) is 3.19. The van der Waals surface area contributed by atoms with Gasteiger partial charge in [0.15, 0.2) is 0 Å². The third kappa shape index (κ3) is 2.34. The molecule has 0 spiro atoms. The van der Waals surface area contributed by atoms with Gasteiger partial charge in [-0.15, -0.1) is 0 Å². The highest BCUT2D eigenvalue weighted by Crippen LogP contribution is 2.28. The first-order valence-corrected chi connectivity index (χ1v) is 6.14. The number of hydrogen-bond donors (Lipinski definition) is 1. The van der Waals surface area contributed by atoms with Crippen molar-refractivity contribution in [3.63, 3.8) is 0 Å². The minimum Gasteiger partial charge on any atom is -0.369 e. The Bertz CT molecular complexity index is 487. The number of rotatable bonds is 2. The molecule has 0 bridgehead atoms. The number of nitrogens with two attached hydrogens (primary N) is 1. The molecule has 0 aliphatic carbocycles. The molecular weight excluding hydrogens is 284 g/mol. The van der Waals surface area contributed by atoms with Crippen molar-refractivity contribution in [2.45, 2.75) is 13.3 Å². The lowest BCUT2D eigenvalue weighted by molar-refractivity contribution is -0.123. The molecule has 2 N–H and O–H groups in total. The largest absolute Gasteiger partial charge is 0.369 e. The monoisotopic (exact) mass is 296 g/mol. The summed E-state index contributed by atoms with van der Waals surface area (Å²) in [5.41, 5.74) is 7.10. The zero-order valence-corrected chi connectivity index (χ0v) is 11.0. The maximum absolute atomic E-state index is 11.8. The molecule has 2 amide bonds. The predicted octanol–water partition coefficient (Wildman–Crippen LogP) is 1.60. The SMILES string of the molecule is Cc1cc(N2C[C@H](C(N)=O)CC2=O)ccc1Br. The highest BCUT2D eigenvalue weighted by Gasteiger charge is 2.33. The number of halogens is 1. The Balaban J connectivity index is 2.26. The fraction of sp³-hybridized carbons (Fsp3) is 0.333. The summed E-state index contributed by atoms with van der Waals surface area (Å²) < 4.78 is 0.999. The van der Waals surface area contributed by atoms with Crippen LogP contribution >= 0.6 is 15.9 Å². The Morgan fingerprint density at radius 3 is 2.76 bits per heavy atom. The van der Waals surface area contributed by atoms with E-state index >= 15 is 0 Å². The van der Waals surface area contributed by atoms with Gasteiger partial charge in [0.05, 0.1) is 5.92 Å². The molecule has 1 aliphatic heterocycles. The zero-order chi connectivity index (χ0) is 12.6. The Hall–Kier alpha value is -1.36. The number of benzene rings is 1. The van der Waals surface area contributed by atoms with Crippen molar-refractivity contribution in [1.82, 2.24) is 0 Å². The van der Waals surface area contributed by atoms with Crippen LogP contribution in [0.15, 0.2) is 22.7 Å². The van der Waals surface area contributed by atoms with E-state index in [-0.39, 0.29) is 18.2 Å². The normalized spacial score (nSPS) is 19.8. The lowest BCUT2D eigenvalue weighted by Crippen LogP contribution is -2.28. The predicted molar refractivity (Wildman–Crippen MR) is 68.5 cm³/mol. The van der Waals surface area contributed by atoms with Crippen molar-refractivity contribution in [2.75, 3.05) is 11.4 Å². The first-order valence-electron chi connectivity index (χ1n) is 5.35. The second-order valence-corrected chi connectivity index (χ2v) is 5.10. The fourth-order valence-electron chi connectivity index (χ4n) is 1.94. The number of amides is 2. The van der Waals surface area contributed by atoms with Crippen molar-refractivity contribution in [3.8, 4) is 0 Å². The van der Waals surface area contributed by atoms with Crippen LogP contribution in [0.25, 0.3) is 0 Å². The summed E-state index contributed by atoms with van der Waals surface area (Å²) in [6.45, 7) is 2.34. The number of nitrogens with zero attached hydrogens (tertiary/aromatic N) is 1. The smallest absolute Gasteiger partial charge is 0.227 e. The summed E-state index contributed by atoms with van der Waals surface area (Å²) in [7, 11) is 0. The molecule has 1 saturated heterocycles.